The predicted octanol–water partition coefficient (Wildman–Crippen LogP) is 1.66. The molecule has 2 rings (SSSR count). The molecule has 0 saturated carbocycles. The van der Waals surface area contributed by atoms with Crippen LogP contribution in [0.2, 0.25) is 0 Å². The van der Waals surface area contributed by atoms with Gasteiger partial charge in [0, 0.05) is 31.4 Å². The van der Waals surface area contributed by atoms with Crippen LogP contribution in [-0.4, -0.2) is 42.7 Å². The van der Waals surface area contributed by atoms with Crippen molar-refractivity contribution in [2.45, 2.75) is 32.4 Å². The molecule has 1 N–H and O–H groups in total. The highest BCUT2D eigenvalue weighted by Gasteiger charge is 2.16. The molecule has 1 saturated heterocycles. The lowest BCUT2D eigenvalue weighted by Crippen LogP contribution is -2.36. The van der Waals surface area contributed by atoms with E-state index in [4.69, 9.17) is 4.74 Å². The molecule has 100 valence electrons. The number of ether oxygens (including phenoxy) is 1. The molecule has 1 fully saturated rings. The number of nitrogens with zero attached hydrogens (tertiary/aromatic N) is 2. The normalized spacial score (nSPS) is 21.6. The van der Waals surface area contributed by atoms with Crippen LogP contribution < -0.4 is 10.1 Å². The third-order valence-electron chi connectivity index (χ3n) is 3.47. The van der Waals surface area contributed by atoms with Gasteiger partial charge in [0.25, 0.3) is 0 Å². The second kappa shape index (κ2) is 6.71. The fraction of sp³-hybridized carbons (Fsp3) is 0.643. The SMILES string of the molecule is CCC1CN(Cc2ccc(OC)nc2)CCCN1. The number of methoxy groups -OCH3 is 1. The van der Waals surface area contributed by atoms with Crippen LogP contribution in [0.25, 0.3) is 0 Å². The Hall–Kier alpha value is -1.13. The highest BCUT2D eigenvalue weighted by molar-refractivity contribution is 5.17. The molecule has 0 aromatic carbocycles. The Bertz CT molecular complexity index is 353. The Morgan fingerprint density at radius 1 is 1.50 bits per heavy atom. The zero-order valence-electron chi connectivity index (χ0n) is 11.4. The number of pyridine rings is 1. The molecule has 0 aliphatic carbocycles. The van der Waals surface area contributed by atoms with Crippen molar-refractivity contribution in [3.63, 3.8) is 0 Å². The standard InChI is InChI=1S/C14H23N3O/c1-3-13-11-17(8-4-7-15-13)10-12-5-6-14(18-2)16-9-12/h5-6,9,13,15H,3-4,7-8,10-11H2,1-2H3. The molecule has 0 spiro atoms. The minimum Gasteiger partial charge on any atom is -0.481 e. The summed E-state index contributed by atoms with van der Waals surface area (Å²) < 4.78 is 5.08. The maximum Gasteiger partial charge on any atom is 0.212 e. The zero-order chi connectivity index (χ0) is 12.8. The van der Waals surface area contributed by atoms with Crippen molar-refractivity contribution in [1.29, 1.82) is 0 Å². The van der Waals surface area contributed by atoms with E-state index in [-0.39, 0.29) is 0 Å². The van der Waals surface area contributed by atoms with Gasteiger partial charge in [-0.2, -0.15) is 0 Å². The zero-order valence-corrected chi connectivity index (χ0v) is 11.4. The molecule has 1 aliphatic heterocycles. The highest BCUT2D eigenvalue weighted by Crippen LogP contribution is 2.11. The summed E-state index contributed by atoms with van der Waals surface area (Å²) in [6.07, 6.45) is 4.33. The molecular formula is C14H23N3O. The summed E-state index contributed by atoms with van der Waals surface area (Å²) in [7, 11) is 1.65. The molecule has 0 bridgehead atoms. The van der Waals surface area contributed by atoms with E-state index in [2.05, 4.69) is 28.2 Å². The Balaban J connectivity index is 1.93. The molecule has 4 heteroatoms. The van der Waals surface area contributed by atoms with E-state index >= 15 is 0 Å². The van der Waals surface area contributed by atoms with E-state index in [9.17, 15) is 0 Å². The van der Waals surface area contributed by atoms with Gasteiger partial charge in [0.2, 0.25) is 5.88 Å². The van der Waals surface area contributed by atoms with E-state index in [1.165, 1.54) is 18.4 Å². The van der Waals surface area contributed by atoms with E-state index in [0.29, 0.717) is 11.9 Å². The first-order chi connectivity index (χ1) is 8.81. The molecule has 1 aromatic heterocycles. The number of hydrogen-bond acceptors (Lipinski definition) is 4. The molecule has 0 radical (unpaired) electrons. The Kier molecular flexibility index (Phi) is 4.96. The van der Waals surface area contributed by atoms with Crippen LogP contribution in [-0.2, 0) is 6.54 Å². The summed E-state index contributed by atoms with van der Waals surface area (Å²) in [5.41, 5.74) is 1.26. The third-order valence-corrected chi connectivity index (χ3v) is 3.47. The summed E-state index contributed by atoms with van der Waals surface area (Å²) >= 11 is 0. The topological polar surface area (TPSA) is 37.4 Å². The van der Waals surface area contributed by atoms with E-state index in [1.54, 1.807) is 7.11 Å². The van der Waals surface area contributed by atoms with Crippen LogP contribution in [0, 0.1) is 0 Å². The maximum absolute atomic E-state index is 5.08. The first-order valence-corrected chi connectivity index (χ1v) is 6.76. The van der Waals surface area contributed by atoms with E-state index in [1.807, 2.05) is 12.3 Å². The van der Waals surface area contributed by atoms with Gasteiger partial charge < -0.3 is 10.1 Å². The second-order valence-corrected chi connectivity index (χ2v) is 4.86. The lowest BCUT2D eigenvalue weighted by atomic mass is 10.2. The van der Waals surface area contributed by atoms with Crippen LogP contribution in [0.4, 0.5) is 0 Å². The average Bonchev–Trinajstić information content (AvgIpc) is 2.65. The second-order valence-electron chi connectivity index (χ2n) is 4.86. The highest BCUT2D eigenvalue weighted by atomic mass is 16.5. The van der Waals surface area contributed by atoms with Gasteiger partial charge in [-0.05, 0) is 31.5 Å². The molecule has 1 unspecified atom stereocenters. The van der Waals surface area contributed by atoms with Crippen LogP contribution in [0.1, 0.15) is 25.3 Å². The quantitative estimate of drug-likeness (QED) is 0.880. The third kappa shape index (κ3) is 3.68. The fourth-order valence-corrected chi connectivity index (χ4v) is 2.38. The maximum atomic E-state index is 5.08. The van der Waals surface area contributed by atoms with Crippen molar-refractivity contribution in [1.82, 2.24) is 15.2 Å². The van der Waals surface area contributed by atoms with Gasteiger partial charge >= 0.3 is 0 Å². The van der Waals surface area contributed by atoms with Gasteiger partial charge in [-0.3, -0.25) is 4.90 Å². The van der Waals surface area contributed by atoms with Crippen LogP contribution in [0.15, 0.2) is 18.3 Å². The fourth-order valence-electron chi connectivity index (χ4n) is 2.38. The van der Waals surface area contributed by atoms with Crippen LogP contribution >= 0.6 is 0 Å². The number of rotatable bonds is 4. The van der Waals surface area contributed by atoms with Crippen molar-refractivity contribution >= 4 is 0 Å². The number of nitrogens with one attached hydrogen (secondary N) is 1. The van der Waals surface area contributed by atoms with E-state index in [0.717, 1.165) is 26.2 Å². The molecule has 2 heterocycles. The Morgan fingerprint density at radius 2 is 2.39 bits per heavy atom. The van der Waals surface area contributed by atoms with Gasteiger partial charge in [-0.1, -0.05) is 13.0 Å². The summed E-state index contributed by atoms with van der Waals surface area (Å²) in [6, 6.07) is 4.66. The van der Waals surface area contributed by atoms with E-state index < -0.39 is 0 Å². The summed E-state index contributed by atoms with van der Waals surface area (Å²) in [4.78, 5) is 6.77. The molecule has 1 aliphatic rings. The Labute approximate surface area is 109 Å². The molecule has 0 amide bonds. The predicted molar refractivity (Wildman–Crippen MR) is 72.8 cm³/mol. The van der Waals surface area contributed by atoms with Crippen molar-refractivity contribution in [3.05, 3.63) is 23.9 Å². The number of hydrogen-bond donors (Lipinski definition) is 1. The summed E-state index contributed by atoms with van der Waals surface area (Å²) in [6.45, 7) is 6.65. The minimum atomic E-state index is 0.624. The molecule has 1 aromatic rings. The van der Waals surface area contributed by atoms with Crippen molar-refractivity contribution in [2.75, 3.05) is 26.7 Å². The van der Waals surface area contributed by atoms with Crippen LogP contribution in [0.5, 0.6) is 5.88 Å². The molecular weight excluding hydrogens is 226 g/mol. The van der Waals surface area contributed by atoms with Gasteiger partial charge in [-0.25, -0.2) is 4.98 Å². The van der Waals surface area contributed by atoms with Crippen molar-refractivity contribution in [3.8, 4) is 5.88 Å². The van der Waals surface area contributed by atoms with Gasteiger partial charge in [0.1, 0.15) is 0 Å². The summed E-state index contributed by atoms with van der Waals surface area (Å²) in [5, 5.41) is 3.59. The summed E-state index contributed by atoms with van der Waals surface area (Å²) in [5.74, 6) is 0.683. The monoisotopic (exact) mass is 249 g/mol. The lowest BCUT2D eigenvalue weighted by molar-refractivity contribution is 0.257. The Morgan fingerprint density at radius 3 is 3.06 bits per heavy atom. The molecule has 4 nitrogen and oxygen atoms in total. The first-order valence-electron chi connectivity index (χ1n) is 6.76. The molecule has 18 heavy (non-hydrogen) atoms. The first kappa shape index (κ1) is 13.3. The molecule has 1 atom stereocenters. The van der Waals surface area contributed by atoms with Crippen LogP contribution in [0.3, 0.4) is 0 Å². The average molecular weight is 249 g/mol. The van der Waals surface area contributed by atoms with Gasteiger partial charge in [0.05, 0.1) is 7.11 Å². The minimum absolute atomic E-state index is 0.624. The number of aromatic nitrogens is 1. The van der Waals surface area contributed by atoms with Crippen molar-refractivity contribution < 1.29 is 4.74 Å². The lowest BCUT2D eigenvalue weighted by Gasteiger charge is -2.23. The van der Waals surface area contributed by atoms with Gasteiger partial charge in [0.15, 0.2) is 0 Å². The van der Waals surface area contributed by atoms with Crippen molar-refractivity contribution in [2.24, 2.45) is 0 Å². The van der Waals surface area contributed by atoms with Gasteiger partial charge in [-0.15, -0.1) is 0 Å². The smallest absolute Gasteiger partial charge is 0.212 e. The largest absolute Gasteiger partial charge is 0.481 e.